The van der Waals surface area contributed by atoms with E-state index in [1.165, 1.54) is 43.6 Å². The number of rotatable bonds is 9. The first-order valence-electron chi connectivity index (χ1n) is 11.8. The predicted octanol–water partition coefficient (Wildman–Crippen LogP) is 3.35. The second-order valence-corrected chi connectivity index (χ2v) is 9.28. The Morgan fingerprint density at radius 3 is 2.45 bits per heavy atom. The maximum Gasteiger partial charge on any atom is 0.118 e. The number of piperidine rings is 1. The van der Waals surface area contributed by atoms with Crippen molar-refractivity contribution in [3.63, 3.8) is 0 Å². The summed E-state index contributed by atoms with van der Waals surface area (Å²) >= 11 is 0. The highest BCUT2D eigenvalue weighted by atomic mass is 16.5. The van der Waals surface area contributed by atoms with E-state index in [1.807, 2.05) is 0 Å². The molecule has 168 valence electrons. The summed E-state index contributed by atoms with van der Waals surface area (Å²) in [7, 11) is 4.02. The van der Waals surface area contributed by atoms with E-state index in [-0.39, 0.29) is 0 Å². The van der Waals surface area contributed by atoms with Gasteiger partial charge in [0.15, 0.2) is 0 Å². The van der Waals surface area contributed by atoms with Crippen molar-refractivity contribution in [2.24, 2.45) is 11.8 Å². The molecular weight excluding hydrogens is 384 g/mol. The van der Waals surface area contributed by atoms with Crippen LogP contribution in [0, 0.1) is 11.8 Å². The van der Waals surface area contributed by atoms with Gasteiger partial charge in [0, 0.05) is 32.1 Å². The number of nitrogens with one attached hydrogen (secondary N) is 2. The first-order chi connectivity index (χ1) is 15.2. The third-order valence-electron chi connectivity index (χ3n) is 6.95. The Balaban J connectivity index is 1.17. The van der Waals surface area contributed by atoms with Gasteiger partial charge in [-0.1, -0.05) is 42.5 Å². The molecule has 5 nitrogen and oxygen atoms in total. The molecule has 4 rings (SSSR count). The Morgan fingerprint density at radius 2 is 1.74 bits per heavy atom. The highest BCUT2D eigenvalue weighted by Gasteiger charge is 2.29. The number of benzene rings is 2. The fourth-order valence-electron chi connectivity index (χ4n) is 5.11. The van der Waals surface area contributed by atoms with Gasteiger partial charge in [-0.05, 0) is 68.6 Å². The summed E-state index contributed by atoms with van der Waals surface area (Å²) in [6.45, 7) is 7.00. The van der Waals surface area contributed by atoms with Crippen LogP contribution in [0.4, 0.5) is 0 Å². The van der Waals surface area contributed by atoms with Crippen LogP contribution in [-0.4, -0.2) is 63.2 Å². The average Bonchev–Trinajstić information content (AvgIpc) is 3.27. The van der Waals surface area contributed by atoms with Crippen molar-refractivity contribution in [1.82, 2.24) is 20.7 Å². The number of nitrogens with zero attached hydrogens (tertiary/aromatic N) is 2. The molecule has 0 radical (unpaired) electrons. The van der Waals surface area contributed by atoms with Gasteiger partial charge in [-0.15, -0.1) is 0 Å². The molecule has 2 heterocycles. The Hall–Kier alpha value is -1.92. The second kappa shape index (κ2) is 11.1. The van der Waals surface area contributed by atoms with E-state index in [2.05, 4.69) is 82.3 Å². The van der Waals surface area contributed by atoms with Crippen LogP contribution in [0.3, 0.4) is 0 Å². The minimum atomic E-state index is 0.406. The van der Waals surface area contributed by atoms with Crippen LogP contribution in [-0.2, 0) is 6.42 Å². The third kappa shape index (κ3) is 6.30. The summed E-state index contributed by atoms with van der Waals surface area (Å²) in [4.78, 5) is 5.20. The maximum absolute atomic E-state index is 5.26. The van der Waals surface area contributed by atoms with Crippen LogP contribution in [0.25, 0.3) is 0 Å². The van der Waals surface area contributed by atoms with E-state index >= 15 is 0 Å². The fraction of sp³-hybridized carbons (Fsp3) is 0.538. The van der Waals surface area contributed by atoms with Gasteiger partial charge in [0.25, 0.3) is 0 Å². The van der Waals surface area contributed by atoms with Gasteiger partial charge in [0.2, 0.25) is 0 Å². The molecule has 0 bridgehead atoms. The number of hydrogen-bond acceptors (Lipinski definition) is 5. The van der Waals surface area contributed by atoms with Crippen molar-refractivity contribution in [2.45, 2.75) is 25.3 Å². The second-order valence-electron chi connectivity index (χ2n) is 9.28. The molecule has 0 aliphatic carbocycles. The van der Waals surface area contributed by atoms with Gasteiger partial charge in [-0.3, -0.25) is 5.43 Å². The van der Waals surface area contributed by atoms with Gasteiger partial charge in [0.05, 0.1) is 13.2 Å². The Morgan fingerprint density at radius 1 is 1.00 bits per heavy atom. The molecule has 2 aliphatic rings. The SMILES string of the molecule is COc1ccc(CCN2CCC(CN(C)CC3CNNC3c3ccccc3)CC2)cc1. The van der Waals surface area contributed by atoms with Gasteiger partial charge in [-0.2, -0.15) is 0 Å². The molecule has 5 heteroatoms. The standard InChI is InChI=1S/C26H38N4O/c1-29(20-24-18-27-28-26(24)23-6-4-3-5-7-23)19-22-13-16-30(17-14-22)15-12-21-8-10-25(31-2)11-9-21/h3-11,22,24,26-28H,12-20H2,1-2H3. The summed E-state index contributed by atoms with van der Waals surface area (Å²) < 4.78 is 5.26. The lowest BCUT2D eigenvalue weighted by molar-refractivity contribution is 0.147. The summed E-state index contributed by atoms with van der Waals surface area (Å²) in [5.74, 6) is 2.37. The molecule has 2 aromatic rings. The highest BCUT2D eigenvalue weighted by molar-refractivity contribution is 5.27. The molecule has 31 heavy (non-hydrogen) atoms. The Labute approximate surface area is 187 Å². The predicted molar refractivity (Wildman–Crippen MR) is 127 cm³/mol. The van der Waals surface area contributed by atoms with Crippen molar-refractivity contribution >= 4 is 0 Å². The molecule has 2 aliphatic heterocycles. The van der Waals surface area contributed by atoms with Gasteiger partial charge >= 0.3 is 0 Å². The van der Waals surface area contributed by atoms with Crippen LogP contribution < -0.4 is 15.6 Å². The van der Waals surface area contributed by atoms with Crippen LogP contribution in [0.1, 0.15) is 30.0 Å². The number of hydrazine groups is 1. The number of ether oxygens (including phenoxy) is 1. The summed E-state index contributed by atoms with van der Waals surface area (Å²) in [5.41, 5.74) is 9.64. The fourth-order valence-corrected chi connectivity index (χ4v) is 5.11. The quantitative estimate of drug-likeness (QED) is 0.649. The van der Waals surface area contributed by atoms with Crippen molar-refractivity contribution in [3.8, 4) is 5.75 Å². The summed E-state index contributed by atoms with van der Waals surface area (Å²) in [6, 6.07) is 19.8. The maximum atomic E-state index is 5.26. The summed E-state index contributed by atoms with van der Waals surface area (Å²) in [5, 5.41) is 0. The molecule has 2 N–H and O–H groups in total. The van der Waals surface area contributed by atoms with Crippen LogP contribution >= 0.6 is 0 Å². The van der Waals surface area contributed by atoms with E-state index in [9.17, 15) is 0 Å². The van der Waals surface area contributed by atoms with E-state index in [4.69, 9.17) is 4.74 Å². The molecule has 0 aromatic heterocycles. The van der Waals surface area contributed by atoms with Gasteiger partial charge in [-0.25, -0.2) is 5.43 Å². The smallest absolute Gasteiger partial charge is 0.118 e. The molecule has 0 saturated carbocycles. The third-order valence-corrected chi connectivity index (χ3v) is 6.95. The van der Waals surface area contributed by atoms with E-state index in [0.717, 1.165) is 37.7 Å². The molecule has 2 fully saturated rings. The van der Waals surface area contributed by atoms with Crippen molar-refractivity contribution in [3.05, 3.63) is 65.7 Å². The minimum absolute atomic E-state index is 0.406. The lowest BCUT2D eigenvalue weighted by Gasteiger charge is -2.34. The normalized spacial score (nSPS) is 22.8. The van der Waals surface area contributed by atoms with Crippen molar-refractivity contribution in [2.75, 3.05) is 53.4 Å². The Bertz CT molecular complexity index is 774. The zero-order valence-corrected chi connectivity index (χ0v) is 19.1. The first kappa shape index (κ1) is 22.3. The number of methoxy groups -OCH3 is 1. The number of likely N-dealkylation sites (tertiary alicyclic amines) is 1. The first-order valence-corrected chi connectivity index (χ1v) is 11.8. The molecule has 2 saturated heterocycles. The monoisotopic (exact) mass is 422 g/mol. The van der Waals surface area contributed by atoms with Gasteiger partial charge < -0.3 is 14.5 Å². The summed E-state index contributed by atoms with van der Waals surface area (Å²) in [6.07, 6.45) is 3.75. The lowest BCUT2D eigenvalue weighted by Crippen LogP contribution is -2.40. The van der Waals surface area contributed by atoms with E-state index < -0.39 is 0 Å². The van der Waals surface area contributed by atoms with Crippen LogP contribution in [0.15, 0.2) is 54.6 Å². The largest absolute Gasteiger partial charge is 0.497 e. The molecule has 2 atom stereocenters. The molecule has 0 amide bonds. The van der Waals surface area contributed by atoms with Crippen LogP contribution in [0.5, 0.6) is 5.75 Å². The molecule has 2 aromatic carbocycles. The molecular formula is C26H38N4O. The van der Waals surface area contributed by atoms with Crippen molar-refractivity contribution in [1.29, 1.82) is 0 Å². The zero-order chi connectivity index (χ0) is 21.5. The highest BCUT2D eigenvalue weighted by Crippen LogP contribution is 2.26. The van der Waals surface area contributed by atoms with E-state index in [1.54, 1.807) is 7.11 Å². The topological polar surface area (TPSA) is 39.8 Å². The van der Waals surface area contributed by atoms with Crippen molar-refractivity contribution < 1.29 is 4.74 Å². The lowest BCUT2D eigenvalue weighted by atomic mass is 9.93. The molecule has 2 unspecified atom stereocenters. The molecule has 0 spiro atoms. The van der Waals surface area contributed by atoms with Gasteiger partial charge in [0.1, 0.15) is 5.75 Å². The van der Waals surface area contributed by atoms with E-state index in [0.29, 0.717) is 12.0 Å². The van der Waals surface area contributed by atoms with Crippen LogP contribution in [0.2, 0.25) is 0 Å². The average molecular weight is 423 g/mol. The minimum Gasteiger partial charge on any atom is -0.497 e. The number of hydrogen-bond donors (Lipinski definition) is 2. The Kier molecular flexibility index (Phi) is 7.97. The zero-order valence-electron chi connectivity index (χ0n) is 19.1.